The first-order chi connectivity index (χ1) is 12.2. The van der Waals surface area contributed by atoms with Crippen LogP contribution in [0.2, 0.25) is 0 Å². The van der Waals surface area contributed by atoms with Crippen LogP contribution in [0.3, 0.4) is 0 Å². The lowest BCUT2D eigenvalue weighted by Gasteiger charge is -2.37. The number of piperidine rings is 1. The Kier molecular flexibility index (Phi) is 4.57. The minimum Gasteiger partial charge on any atom is -0.330 e. The molecule has 1 saturated heterocycles. The van der Waals surface area contributed by atoms with Crippen LogP contribution in [-0.4, -0.2) is 52.1 Å². The number of nitrogens with zero attached hydrogens (tertiary/aromatic N) is 3. The molecule has 5 nitrogen and oxygen atoms in total. The van der Waals surface area contributed by atoms with Crippen LogP contribution in [0.1, 0.15) is 46.6 Å². The number of benzene rings is 1. The molecule has 1 aromatic heterocycles. The highest BCUT2D eigenvalue weighted by Crippen LogP contribution is 2.26. The molecule has 4 rings (SSSR count). The van der Waals surface area contributed by atoms with E-state index in [1.54, 1.807) is 0 Å². The third kappa shape index (κ3) is 3.33. The average molecular weight is 338 g/mol. The first kappa shape index (κ1) is 16.3. The van der Waals surface area contributed by atoms with Crippen LogP contribution in [0, 0.1) is 0 Å². The normalized spacial score (nSPS) is 18.3. The van der Waals surface area contributed by atoms with Crippen LogP contribution in [0.5, 0.6) is 0 Å². The molecule has 0 saturated carbocycles. The second kappa shape index (κ2) is 7.00. The van der Waals surface area contributed by atoms with Gasteiger partial charge in [0, 0.05) is 23.8 Å². The summed E-state index contributed by atoms with van der Waals surface area (Å²) in [6.07, 6.45) is 5.17. The lowest BCUT2D eigenvalue weighted by atomic mass is 10.0. The minimum absolute atomic E-state index is 0.0952. The Bertz CT molecular complexity index is 731. The minimum atomic E-state index is 0.0952. The molecule has 0 radical (unpaired) electrons. The van der Waals surface area contributed by atoms with Gasteiger partial charge >= 0.3 is 0 Å². The highest BCUT2D eigenvalue weighted by Gasteiger charge is 2.32. The van der Waals surface area contributed by atoms with Gasteiger partial charge in [-0.1, -0.05) is 30.3 Å². The van der Waals surface area contributed by atoms with Crippen LogP contribution in [-0.2, 0) is 19.4 Å². The summed E-state index contributed by atoms with van der Waals surface area (Å²) in [5.41, 5.74) is 4.15. The van der Waals surface area contributed by atoms with Crippen molar-refractivity contribution in [1.29, 1.82) is 0 Å². The first-order valence-corrected chi connectivity index (χ1v) is 9.32. The maximum atomic E-state index is 13.4. The lowest BCUT2D eigenvalue weighted by molar-refractivity contribution is 0.0562. The number of carbonyl (C=O) groups is 1. The second-order valence-electron chi connectivity index (χ2n) is 7.34. The number of nitrogens with one attached hydrogen (secondary N) is 1. The Morgan fingerprint density at radius 1 is 1.24 bits per heavy atom. The van der Waals surface area contributed by atoms with Gasteiger partial charge in [-0.3, -0.25) is 9.89 Å². The molecule has 1 N–H and O–H groups in total. The number of H-pyrrole nitrogens is 1. The molecule has 1 amide bonds. The lowest BCUT2D eigenvalue weighted by Crippen LogP contribution is -2.46. The fourth-order valence-corrected chi connectivity index (χ4v) is 4.09. The molecular weight excluding hydrogens is 312 g/mol. The molecule has 1 aromatic carbocycles. The van der Waals surface area contributed by atoms with Crippen LogP contribution >= 0.6 is 0 Å². The van der Waals surface area contributed by atoms with E-state index in [-0.39, 0.29) is 11.9 Å². The number of carbonyl (C=O) groups excluding carboxylic acids is 1. The van der Waals surface area contributed by atoms with E-state index in [0.29, 0.717) is 12.2 Å². The van der Waals surface area contributed by atoms with Gasteiger partial charge in [-0.05, 0) is 57.8 Å². The van der Waals surface area contributed by atoms with E-state index in [1.165, 1.54) is 5.56 Å². The van der Waals surface area contributed by atoms with Gasteiger partial charge in [0.15, 0.2) is 5.69 Å². The number of aromatic amines is 1. The monoisotopic (exact) mass is 338 g/mol. The topological polar surface area (TPSA) is 52.2 Å². The summed E-state index contributed by atoms with van der Waals surface area (Å²) >= 11 is 0. The number of hydrogen-bond acceptors (Lipinski definition) is 3. The van der Waals surface area contributed by atoms with Gasteiger partial charge in [0.2, 0.25) is 0 Å². The standard InChI is InChI=1S/C20H26N4O/c1-23-12-10-16(11-13-23)24(14-15-6-3-2-4-7-15)20(25)19-17-8-5-9-18(17)21-22-19/h2-4,6-7,16H,5,8-14H2,1H3,(H,21,22). The van der Waals surface area contributed by atoms with Crippen LogP contribution < -0.4 is 0 Å². The van der Waals surface area contributed by atoms with Gasteiger partial charge in [0.1, 0.15) is 0 Å². The van der Waals surface area contributed by atoms with Gasteiger partial charge in [-0.15, -0.1) is 0 Å². The van der Waals surface area contributed by atoms with Crippen molar-refractivity contribution >= 4 is 5.91 Å². The van der Waals surface area contributed by atoms with Gasteiger partial charge in [0.05, 0.1) is 0 Å². The number of amides is 1. The molecule has 0 spiro atoms. The number of hydrogen-bond donors (Lipinski definition) is 1. The third-order valence-corrected chi connectivity index (χ3v) is 5.59. The molecule has 25 heavy (non-hydrogen) atoms. The van der Waals surface area contributed by atoms with Crippen LogP contribution in [0.15, 0.2) is 30.3 Å². The van der Waals surface area contributed by atoms with E-state index >= 15 is 0 Å². The van der Waals surface area contributed by atoms with Crippen molar-refractivity contribution in [3.63, 3.8) is 0 Å². The molecule has 1 fully saturated rings. The van der Waals surface area contributed by atoms with Gasteiger partial charge in [-0.25, -0.2) is 0 Å². The third-order valence-electron chi connectivity index (χ3n) is 5.59. The number of aromatic nitrogens is 2. The molecule has 2 aliphatic rings. The van der Waals surface area contributed by atoms with Crippen LogP contribution in [0.4, 0.5) is 0 Å². The number of rotatable bonds is 4. The summed E-state index contributed by atoms with van der Waals surface area (Å²) in [5, 5.41) is 7.47. The number of likely N-dealkylation sites (tertiary alicyclic amines) is 1. The Morgan fingerprint density at radius 3 is 2.76 bits per heavy atom. The van der Waals surface area contributed by atoms with E-state index in [1.807, 2.05) is 18.2 Å². The molecule has 132 valence electrons. The van der Waals surface area contributed by atoms with Gasteiger partial charge in [-0.2, -0.15) is 5.10 Å². The van der Waals surface area contributed by atoms with Crippen molar-refractivity contribution < 1.29 is 4.79 Å². The molecule has 0 atom stereocenters. The summed E-state index contributed by atoms with van der Waals surface area (Å²) in [6.45, 7) is 2.75. The largest absolute Gasteiger partial charge is 0.330 e. The Hall–Kier alpha value is -2.14. The fourth-order valence-electron chi connectivity index (χ4n) is 4.09. The molecule has 0 bridgehead atoms. The van der Waals surface area contributed by atoms with Crippen molar-refractivity contribution in [1.82, 2.24) is 20.0 Å². The summed E-state index contributed by atoms with van der Waals surface area (Å²) < 4.78 is 0. The smallest absolute Gasteiger partial charge is 0.275 e. The Balaban J connectivity index is 1.60. The summed E-state index contributed by atoms with van der Waals surface area (Å²) in [5.74, 6) is 0.0952. The van der Waals surface area contributed by atoms with E-state index in [9.17, 15) is 4.79 Å². The van der Waals surface area contributed by atoms with Crippen molar-refractivity contribution in [3.05, 3.63) is 52.8 Å². The van der Waals surface area contributed by atoms with Crippen LogP contribution in [0.25, 0.3) is 0 Å². The zero-order valence-corrected chi connectivity index (χ0v) is 14.9. The number of aryl methyl sites for hydroxylation is 1. The van der Waals surface area contributed by atoms with Crippen molar-refractivity contribution in [2.75, 3.05) is 20.1 Å². The van der Waals surface area contributed by atoms with E-state index in [2.05, 4.69) is 39.2 Å². The quantitative estimate of drug-likeness (QED) is 0.932. The highest BCUT2D eigenvalue weighted by atomic mass is 16.2. The number of fused-ring (bicyclic) bond motifs is 1. The summed E-state index contributed by atoms with van der Waals surface area (Å²) in [6, 6.07) is 10.6. The Labute approximate surface area is 149 Å². The molecule has 2 aromatic rings. The molecule has 2 heterocycles. The maximum Gasteiger partial charge on any atom is 0.275 e. The Morgan fingerprint density at radius 2 is 2.00 bits per heavy atom. The molecule has 1 aliphatic heterocycles. The zero-order chi connectivity index (χ0) is 17.2. The van der Waals surface area contributed by atoms with Crippen molar-refractivity contribution in [2.24, 2.45) is 0 Å². The van der Waals surface area contributed by atoms with Crippen molar-refractivity contribution in [3.8, 4) is 0 Å². The summed E-state index contributed by atoms with van der Waals surface area (Å²) in [4.78, 5) is 17.8. The first-order valence-electron chi connectivity index (χ1n) is 9.32. The van der Waals surface area contributed by atoms with Gasteiger partial charge < -0.3 is 9.80 Å². The second-order valence-corrected chi connectivity index (χ2v) is 7.34. The average Bonchev–Trinajstić information content (AvgIpc) is 3.24. The van der Waals surface area contributed by atoms with Gasteiger partial charge in [0.25, 0.3) is 5.91 Å². The molecule has 1 aliphatic carbocycles. The molecular formula is C20H26N4O. The maximum absolute atomic E-state index is 13.4. The van der Waals surface area contributed by atoms with E-state index < -0.39 is 0 Å². The predicted molar refractivity (Wildman–Crippen MR) is 97.4 cm³/mol. The molecule has 5 heteroatoms. The highest BCUT2D eigenvalue weighted by molar-refractivity contribution is 5.94. The SMILES string of the molecule is CN1CCC(N(Cc2ccccc2)C(=O)c2n[nH]c3c2CCC3)CC1. The molecule has 0 unspecified atom stereocenters. The van der Waals surface area contributed by atoms with E-state index in [4.69, 9.17) is 0 Å². The zero-order valence-electron chi connectivity index (χ0n) is 14.9. The van der Waals surface area contributed by atoms with Crippen molar-refractivity contribution in [2.45, 2.75) is 44.7 Å². The van der Waals surface area contributed by atoms with E-state index in [0.717, 1.165) is 56.5 Å². The fraction of sp³-hybridized carbons (Fsp3) is 0.500. The predicted octanol–water partition coefficient (Wildman–Crippen LogP) is 2.64. The summed E-state index contributed by atoms with van der Waals surface area (Å²) in [7, 11) is 2.15.